The van der Waals surface area contributed by atoms with Gasteiger partial charge in [0, 0.05) is 38.7 Å². The lowest BCUT2D eigenvalue weighted by molar-refractivity contribution is 0.895. The Morgan fingerprint density at radius 3 is 2.08 bits per heavy atom. The van der Waals surface area contributed by atoms with Gasteiger partial charge in [-0.1, -0.05) is 91.0 Å². The highest BCUT2D eigenvalue weighted by Crippen LogP contribution is 2.38. The van der Waals surface area contributed by atoms with E-state index in [2.05, 4.69) is 143 Å². The SMILES string of the molecule is C/C(=C(C#N)\C=C(/C)n1c2c(c3ccccc31)C=CCC2)c1cc(-c2ccccc2-n2c3ccccc3c3ccccc32)ccc1C#N. The summed E-state index contributed by atoms with van der Waals surface area (Å²) < 4.78 is 4.62. The van der Waals surface area contributed by atoms with Crippen molar-refractivity contribution in [1.29, 1.82) is 10.5 Å². The number of hydrogen-bond donors (Lipinski definition) is 0. The Morgan fingerprint density at radius 2 is 1.38 bits per heavy atom. The zero-order chi connectivity index (χ0) is 32.8. The Bertz CT molecular complexity index is 2550. The minimum Gasteiger partial charge on any atom is -0.317 e. The Morgan fingerprint density at radius 1 is 0.729 bits per heavy atom. The van der Waals surface area contributed by atoms with Crippen LogP contribution < -0.4 is 0 Å². The fraction of sp³-hybridized carbons (Fsp3) is 0.0909. The number of rotatable bonds is 5. The molecule has 2 aromatic heterocycles. The van der Waals surface area contributed by atoms with Crippen LogP contribution in [0.4, 0.5) is 0 Å². The van der Waals surface area contributed by atoms with Crippen LogP contribution in [0, 0.1) is 22.7 Å². The first-order valence-electron chi connectivity index (χ1n) is 16.3. The predicted molar refractivity (Wildman–Crippen MR) is 198 cm³/mol. The molecular weight excluding hydrogens is 585 g/mol. The van der Waals surface area contributed by atoms with Gasteiger partial charge < -0.3 is 9.13 Å². The first-order valence-corrected chi connectivity index (χ1v) is 16.3. The molecule has 1 aliphatic rings. The van der Waals surface area contributed by atoms with E-state index in [1.807, 2.05) is 25.1 Å². The number of hydrogen-bond acceptors (Lipinski definition) is 2. The highest BCUT2D eigenvalue weighted by molar-refractivity contribution is 6.09. The molecule has 0 unspecified atom stereocenters. The van der Waals surface area contributed by atoms with Gasteiger partial charge in [0.2, 0.25) is 0 Å². The average molecular weight is 617 g/mol. The van der Waals surface area contributed by atoms with Gasteiger partial charge in [0.1, 0.15) is 0 Å². The van der Waals surface area contributed by atoms with Crippen LogP contribution in [0.15, 0.2) is 133 Å². The first kappa shape index (κ1) is 29.1. The number of nitrogens with zero attached hydrogens (tertiary/aromatic N) is 4. The number of fused-ring (bicyclic) bond motifs is 6. The molecule has 1 aliphatic carbocycles. The van der Waals surface area contributed by atoms with Crippen LogP contribution in [0.2, 0.25) is 0 Å². The molecule has 2 heterocycles. The van der Waals surface area contributed by atoms with Crippen molar-refractivity contribution in [2.45, 2.75) is 26.7 Å². The molecule has 48 heavy (non-hydrogen) atoms. The molecule has 228 valence electrons. The van der Waals surface area contributed by atoms with E-state index in [1.54, 1.807) is 0 Å². The van der Waals surface area contributed by atoms with Crippen LogP contribution in [0.3, 0.4) is 0 Å². The quantitative estimate of drug-likeness (QED) is 0.143. The van der Waals surface area contributed by atoms with Gasteiger partial charge in [0.05, 0.1) is 45.5 Å². The summed E-state index contributed by atoms with van der Waals surface area (Å²) in [6, 6.07) is 44.7. The Labute approximate surface area is 280 Å². The molecule has 0 amide bonds. The Kier molecular flexibility index (Phi) is 7.13. The van der Waals surface area contributed by atoms with Gasteiger partial charge in [-0.05, 0) is 85.9 Å². The molecule has 0 N–H and O–H groups in total. The summed E-state index contributed by atoms with van der Waals surface area (Å²) in [6.45, 7) is 4.02. The van der Waals surface area contributed by atoms with E-state index in [0.717, 1.165) is 63.0 Å². The summed E-state index contributed by atoms with van der Waals surface area (Å²) in [5.74, 6) is 0. The van der Waals surface area contributed by atoms with Gasteiger partial charge in [-0.2, -0.15) is 10.5 Å². The van der Waals surface area contributed by atoms with E-state index in [0.29, 0.717) is 11.1 Å². The van der Waals surface area contributed by atoms with Crippen molar-refractivity contribution in [3.05, 3.63) is 155 Å². The molecule has 0 radical (unpaired) electrons. The lowest BCUT2D eigenvalue weighted by atomic mass is 9.92. The van der Waals surface area contributed by atoms with Gasteiger partial charge in [-0.25, -0.2) is 0 Å². The van der Waals surface area contributed by atoms with Crippen LogP contribution in [-0.4, -0.2) is 9.13 Å². The number of aromatic nitrogens is 2. The summed E-state index contributed by atoms with van der Waals surface area (Å²) in [6.07, 6.45) is 8.37. The lowest BCUT2D eigenvalue weighted by Gasteiger charge is -2.16. The average Bonchev–Trinajstić information content (AvgIpc) is 3.66. The molecule has 4 heteroatoms. The minimum absolute atomic E-state index is 0.537. The molecular formula is C44H32N4. The van der Waals surface area contributed by atoms with Gasteiger partial charge in [-0.15, -0.1) is 0 Å². The van der Waals surface area contributed by atoms with Crippen molar-refractivity contribution in [2.24, 2.45) is 0 Å². The van der Waals surface area contributed by atoms with Crippen molar-refractivity contribution in [3.8, 4) is 29.0 Å². The number of para-hydroxylation sites is 4. The van der Waals surface area contributed by atoms with Crippen LogP contribution >= 0.6 is 0 Å². The van der Waals surface area contributed by atoms with Crippen molar-refractivity contribution in [2.75, 3.05) is 0 Å². The molecule has 0 aliphatic heterocycles. The van der Waals surface area contributed by atoms with E-state index >= 15 is 0 Å². The summed E-state index contributed by atoms with van der Waals surface area (Å²) in [4.78, 5) is 0. The third kappa shape index (κ3) is 4.58. The van der Waals surface area contributed by atoms with Crippen LogP contribution in [0.1, 0.15) is 42.7 Å². The monoisotopic (exact) mass is 616 g/mol. The summed E-state index contributed by atoms with van der Waals surface area (Å²) in [5.41, 5.74) is 12.6. The number of benzene rings is 5. The summed E-state index contributed by atoms with van der Waals surface area (Å²) in [7, 11) is 0. The van der Waals surface area contributed by atoms with Gasteiger partial charge in [-0.3, -0.25) is 0 Å². The van der Waals surface area contributed by atoms with E-state index in [4.69, 9.17) is 0 Å². The predicted octanol–water partition coefficient (Wildman–Crippen LogP) is 11.1. The topological polar surface area (TPSA) is 57.4 Å². The van der Waals surface area contributed by atoms with Crippen molar-refractivity contribution >= 4 is 50.1 Å². The maximum atomic E-state index is 10.5. The second kappa shape index (κ2) is 11.8. The van der Waals surface area contributed by atoms with Crippen LogP contribution in [-0.2, 0) is 6.42 Å². The first-order chi connectivity index (χ1) is 23.6. The Hall–Kier alpha value is -6.36. The van der Waals surface area contributed by atoms with Crippen molar-refractivity contribution in [3.63, 3.8) is 0 Å². The normalized spacial score (nSPS) is 13.4. The van der Waals surface area contributed by atoms with Gasteiger partial charge in [0.15, 0.2) is 0 Å². The standard InChI is InChI=1S/C44H32N4/c1-29(47-41-19-9-4-14-35(41)36-15-5-10-20-42(36)47)25-33(28-46)30(2)39-26-31(23-24-32(39)27-45)34-13-3-8-18-40(34)48-43-21-11-6-16-37(43)38-17-7-12-22-44(38)48/h3-9,11-19,21-26H,10,20H2,1-2H3/b29-25+,33-30-. The molecule has 7 aromatic rings. The molecule has 0 saturated carbocycles. The molecule has 0 fully saturated rings. The highest BCUT2D eigenvalue weighted by atomic mass is 15.0. The van der Waals surface area contributed by atoms with Gasteiger partial charge in [0.25, 0.3) is 0 Å². The molecule has 0 atom stereocenters. The van der Waals surface area contributed by atoms with E-state index in [1.165, 1.54) is 27.4 Å². The highest BCUT2D eigenvalue weighted by Gasteiger charge is 2.20. The third-order valence-corrected chi connectivity index (χ3v) is 9.66. The smallest absolute Gasteiger partial charge is 0.0998 e. The zero-order valence-corrected chi connectivity index (χ0v) is 26.9. The zero-order valence-electron chi connectivity index (χ0n) is 26.9. The molecule has 8 rings (SSSR count). The van der Waals surface area contributed by atoms with Crippen molar-refractivity contribution < 1.29 is 0 Å². The number of nitriles is 2. The number of allylic oxidation sites excluding steroid dienone is 5. The van der Waals surface area contributed by atoms with E-state index in [-0.39, 0.29) is 0 Å². The second-order valence-corrected chi connectivity index (χ2v) is 12.3. The summed E-state index contributed by atoms with van der Waals surface area (Å²) >= 11 is 0. The van der Waals surface area contributed by atoms with Crippen LogP contribution in [0.25, 0.3) is 66.9 Å². The minimum atomic E-state index is 0.537. The van der Waals surface area contributed by atoms with Crippen LogP contribution in [0.5, 0.6) is 0 Å². The maximum Gasteiger partial charge on any atom is 0.0998 e. The molecule has 5 aromatic carbocycles. The Balaban J connectivity index is 1.29. The molecule has 0 spiro atoms. The molecule has 0 bridgehead atoms. The third-order valence-electron chi connectivity index (χ3n) is 9.66. The lowest BCUT2D eigenvalue weighted by Crippen LogP contribution is -2.03. The van der Waals surface area contributed by atoms with E-state index < -0.39 is 0 Å². The largest absolute Gasteiger partial charge is 0.317 e. The molecule has 4 nitrogen and oxygen atoms in total. The molecule has 0 saturated heterocycles. The second-order valence-electron chi connectivity index (χ2n) is 12.3. The fourth-order valence-corrected chi connectivity index (χ4v) is 7.43. The van der Waals surface area contributed by atoms with Crippen molar-refractivity contribution in [1.82, 2.24) is 9.13 Å². The summed E-state index contributed by atoms with van der Waals surface area (Å²) in [5, 5.41) is 24.4. The van der Waals surface area contributed by atoms with Gasteiger partial charge >= 0.3 is 0 Å². The maximum absolute atomic E-state index is 10.5. The van der Waals surface area contributed by atoms with E-state index in [9.17, 15) is 10.5 Å². The fourth-order valence-electron chi connectivity index (χ4n) is 7.43.